The number of nitrogens with one attached hydrogen (secondary N) is 1. The zero-order valence-corrected chi connectivity index (χ0v) is 14.7. The van der Waals surface area contributed by atoms with Gasteiger partial charge in [-0.1, -0.05) is 24.6 Å². The van der Waals surface area contributed by atoms with Gasteiger partial charge in [-0.15, -0.1) is 11.3 Å². The largest absolute Gasteiger partial charge is 0.306 e. The van der Waals surface area contributed by atoms with Crippen LogP contribution in [0.1, 0.15) is 33.8 Å². The maximum absolute atomic E-state index is 14.4. The molecule has 0 saturated heterocycles. The number of halogens is 3. The molecule has 2 aromatic rings. The normalized spacial score (nSPS) is 12.7. The number of hydrogen-bond acceptors (Lipinski definition) is 2. The van der Waals surface area contributed by atoms with E-state index < -0.39 is 0 Å². The van der Waals surface area contributed by atoms with Crippen LogP contribution in [0, 0.1) is 19.7 Å². The van der Waals surface area contributed by atoms with Gasteiger partial charge < -0.3 is 5.32 Å². The molecule has 1 heterocycles. The molecule has 0 saturated carbocycles. The summed E-state index contributed by atoms with van der Waals surface area (Å²) in [5.74, 6) is -0.365. The Labute approximate surface area is 136 Å². The Kier molecular flexibility index (Phi) is 5.24. The third-order valence-corrected chi connectivity index (χ3v) is 5.73. The van der Waals surface area contributed by atoms with Gasteiger partial charge in [0.1, 0.15) is 5.82 Å². The SMILES string of the molecule is CCNC(c1cc(C)c(C)s1)c1ccc(Br)c(Cl)c1F. The minimum atomic E-state index is -0.365. The van der Waals surface area contributed by atoms with Crippen molar-refractivity contribution in [1.82, 2.24) is 5.32 Å². The first kappa shape index (κ1) is 16.0. The van der Waals surface area contributed by atoms with Crippen molar-refractivity contribution in [2.24, 2.45) is 0 Å². The summed E-state index contributed by atoms with van der Waals surface area (Å²) in [7, 11) is 0. The number of rotatable bonds is 4. The number of thiophene rings is 1. The summed E-state index contributed by atoms with van der Waals surface area (Å²) in [5, 5.41) is 3.47. The second-order valence-corrected chi connectivity index (χ2v) is 7.16. The number of benzene rings is 1. The summed E-state index contributed by atoms with van der Waals surface area (Å²) in [5.41, 5.74) is 1.82. The molecule has 0 aliphatic heterocycles. The summed E-state index contributed by atoms with van der Waals surface area (Å²) >= 11 is 10.9. The van der Waals surface area contributed by atoms with Gasteiger partial charge in [0.25, 0.3) is 0 Å². The topological polar surface area (TPSA) is 12.0 Å². The van der Waals surface area contributed by atoms with Crippen LogP contribution in [-0.2, 0) is 0 Å². The number of aryl methyl sites for hydroxylation is 2. The molecule has 2 rings (SSSR count). The molecule has 0 amide bonds. The monoisotopic (exact) mass is 375 g/mol. The molecule has 0 fully saturated rings. The summed E-state index contributed by atoms with van der Waals surface area (Å²) in [4.78, 5) is 2.37. The highest BCUT2D eigenvalue weighted by Crippen LogP contribution is 2.36. The third kappa shape index (κ3) is 3.08. The van der Waals surface area contributed by atoms with Crippen LogP contribution in [0.3, 0.4) is 0 Å². The van der Waals surface area contributed by atoms with Gasteiger partial charge in [0.2, 0.25) is 0 Å². The van der Waals surface area contributed by atoms with Gasteiger partial charge in [-0.3, -0.25) is 0 Å². The van der Waals surface area contributed by atoms with E-state index in [0.717, 1.165) is 11.4 Å². The first-order valence-electron chi connectivity index (χ1n) is 6.39. The molecule has 1 aromatic heterocycles. The molecule has 1 aromatic carbocycles. The highest BCUT2D eigenvalue weighted by atomic mass is 79.9. The Hall–Kier alpha value is -0.420. The van der Waals surface area contributed by atoms with Crippen molar-refractivity contribution in [1.29, 1.82) is 0 Å². The van der Waals surface area contributed by atoms with E-state index >= 15 is 0 Å². The first-order valence-corrected chi connectivity index (χ1v) is 8.38. The van der Waals surface area contributed by atoms with E-state index in [1.54, 1.807) is 23.5 Å². The first-order chi connectivity index (χ1) is 9.45. The van der Waals surface area contributed by atoms with Crippen LogP contribution in [0.4, 0.5) is 4.39 Å². The Morgan fingerprint density at radius 2 is 2.10 bits per heavy atom. The van der Waals surface area contributed by atoms with E-state index in [9.17, 15) is 4.39 Å². The van der Waals surface area contributed by atoms with Crippen LogP contribution in [0.5, 0.6) is 0 Å². The molecular weight excluding hydrogens is 361 g/mol. The van der Waals surface area contributed by atoms with E-state index in [0.29, 0.717) is 10.0 Å². The van der Waals surface area contributed by atoms with E-state index in [1.807, 2.05) is 6.92 Å². The lowest BCUT2D eigenvalue weighted by Gasteiger charge is -2.18. The summed E-state index contributed by atoms with van der Waals surface area (Å²) in [6, 6.07) is 5.52. The lowest BCUT2D eigenvalue weighted by atomic mass is 10.0. The molecule has 0 spiro atoms. The number of hydrogen-bond donors (Lipinski definition) is 1. The van der Waals surface area contributed by atoms with Crippen LogP contribution in [-0.4, -0.2) is 6.54 Å². The average molecular weight is 377 g/mol. The average Bonchev–Trinajstić information content (AvgIpc) is 2.74. The molecule has 20 heavy (non-hydrogen) atoms. The predicted octanol–water partition coefficient (Wildman–Crippen LogP) is 5.62. The third-order valence-electron chi connectivity index (χ3n) is 3.25. The Balaban J connectivity index is 2.51. The molecule has 1 unspecified atom stereocenters. The summed E-state index contributed by atoms with van der Waals surface area (Å²) < 4.78 is 15.0. The second kappa shape index (κ2) is 6.56. The highest BCUT2D eigenvalue weighted by Gasteiger charge is 2.22. The Morgan fingerprint density at radius 3 is 2.65 bits per heavy atom. The maximum atomic E-state index is 14.4. The lowest BCUT2D eigenvalue weighted by Crippen LogP contribution is -2.22. The van der Waals surface area contributed by atoms with Crippen molar-refractivity contribution < 1.29 is 4.39 Å². The van der Waals surface area contributed by atoms with Crippen LogP contribution < -0.4 is 5.32 Å². The van der Waals surface area contributed by atoms with Gasteiger partial charge in [-0.05, 0) is 54.0 Å². The second-order valence-electron chi connectivity index (χ2n) is 4.64. The molecule has 5 heteroatoms. The summed E-state index contributed by atoms with van der Waals surface area (Å²) in [6.45, 7) is 6.92. The van der Waals surface area contributed by atoms with Crippen molar-refractivity contribution in [3.8, 4) is 0 Å². The van der Waals surface area contributed by atoms with Crippen molar-refractivity contribution in [3.63, 3.8) is 0 Å². The quantitative estimate of drug-likeness (QED) is 0.683. The smallest absolute Gasteiger partial charge is 0.148 e. The van der Waals surface area contributed by atoms with Gasteiger partial charge in [0.05, 0.1) is 11.1 Å². The molecule has 0 radical (unpaired) electrons. The molecule has 1 nitrogen and oxygen atoms in total. The van der Waals surface area contributed by atoms with Crippen LogP contribution in [0.15, 0.2) is 22.7 Å². The van der Waals surface area contributed by atoms with E-state index in [2.05, 4.69) is 41.2 Å². The van der Waals surface area contributed by atoms with Crippen molar-refractivity contribution in [3.05, 3.63) is 54.4 Å². The van der Waals surface area contributed by atoms with Crippen LogP contribution in [0.2, 0.25) is 5.02 Å². The fourth-order valence-corrected chi connectivity index (χ4v) is 3.69. The van der Waals surface area contributed by atoms with Crippen LogP contribution >= 0.6 is 38.9 Å². The molecule has 1 N–H and O–H groups in total. The Morgan fingerprint density at radius 1 is 1.40 bits per heavy atom. The van der Waals surface area contributed by atoms with E-state index in [-0.39, 0.29) is 16.9 Å². The lowest BCUT2D eigenvalue weighted by molar-refractivity contribution is 0.563. The van der Waals surface area contributed by atoms with E-state index in [4.69, 9.17) is 11.6 Å². The molecule has 0 bridgehead atoms. The summed E-state index contributed by atoms with van der Waals surface area (Å²) in [6.07, 6.45) is 0. The van der Waals surface area contributed by atoms with Gasteiger partial charge in [-0.25, -0.2) is 4.39 Å². The molecule has 0 aliphatic rings. The molecular formula is C15H16BrClFNS. The van der Waals surface area contributed by atoms with Crippen molar-refractivity contribution in [2.45, 2.75) is 26.8 Å². The van der Waals surface area contributed by atoms with Crippen LogP contribution in [0.25, 0.3) is 0 Å². The Bertz CT molecular complexity index is 607. The zero-order chi connectivity index (χ0) is 14.9. The fourth-order valence-electron chi connectivity index (χ4n) is 2.08. The van der Waals surface area contributed by atoms with Gasteiger partial charge in [0.15, 0.2) is 0 Å². The molecule has 0 aliphatic carbocycles. The minimum Gasteiger partial charge on any atom is -0.306 e. The van der Waals surface area contributed by atoms with Gasteiger partial charge >= 0.3 is 0 Å². The minimum absolute atomic E-state index is 0.135. The van der Waals surface area contributed by atoms with E-state index in [1.165, 1.54) is 10.4 Å². The predicted molar refractivity (Wildman–Crippen MR) is 88.4 cm³/mol. The zero-order valence-electron chi connectivity index (χ0n) is 11.6. The van der Waals surface area contributed by atoms with Crippen molar-refractivity contribution in [2.75, 3.05) is 6.54 Å². The van der Waals surface area contributed by atoms with Gasteiger partial charge in [0, 0.05) is 19.8 Å². The molecule has 108 valence electrons. The van der Waals surface area contributed by atoms with Gasteiger partial charge in [-0.2, -0.15) is 0 Å². The standard InChI is InChI=1S/C15H16BrClFNS/c1-4-19-15(12-7-8(2)9(3)20-12)10-5-6-11(16)13(17)14(10)18/h5-7,15,19H,4H2,1-3H3. The highest BCUT2D eigenvalue weighted by molar-refractivity contribution is 9.10. The molecule has 1 atom stereocenters. The van der Waals surface area contributed by atoms with Crippen molar-refractivity contribution >= 4 is 38.9 Å². The maximum Gasteiger partial charge on any atom is 0.148 e. The fraction of sp³-hybridized carbons (Fsp3) is 0.333.